The molecule has 0 aliphatic heterocycles. The lowest BCUT2D eigenvalue weighted by atomic mass is 10.0. The molecule has 0 spiro atoms. The van der Waals surface area contributed by atoms with Crippen LogP contribution >= 0.6 is 35.3 Å². The zero-order valence-electron chi connectivity index (χ0n) is 27.6. The number of hydrogen-bond donors (Lipinski definition) is 1. The van der Waals surface area contributed by atoms with Gasteiger partial charge in [0.2, 0.25) is 5.75 Å². The molecule has 0 aliphatic carbocycles. The first-order valence-corrected chi connectivity index (χ1v) is 17.8. The van der Waals surface area contributed by atoms with Crippen molar-refractivity contribution < 1.29 is 23.4 Å². The van der Waals surface area contributed by atoms with E-state index in [4.69, 9.17) is 25.8 Å². The Kier molecular flexibility index (Phi) is 13.3. The molecule has 5 aromatic rings. The highest BCUT2D eigenvalue weighted by atomic mass is 35.5. The third-order valence-electron chi connectivity index (χ3n) is 7.85. The smallest absolute Gasteiger partial charge is 0.261 e. The van der Waals surface area contributed by atoms with Gasteiger partial charge >= 0.3 is 0 Å². The molecule has 0 fully saturated rings. The van der Waals surface area contributed by atoms with Crippen LogP contribution in [0.3, 0.4) is 0 Å². The van der Waals surface area contributed by atoms with Crippen LogP contribution in [0.25, 0.3) is 0 Å². The molecule has 1 amide bonds. The minimum atomic E-state index is -0.302. The normalized spacial score (nSPS) is 11.0. The van der Waals surface area contributed by atoms with Crippen molar-refractivity contribution in [1.29, 1.82) is 0 Å². The fourth-order valence-electron chi connectivity index (χ4n) is 5.31. The van der Waals surface area contributed by atoms with Crippen molar-refractivity contribution in [3.8, 4) is 17.2 Å². The summed E-state index contributed by atoms with van der Waals surface area (Å²) in [7, 11) is 4.77. The molecule has 0 aliphatic rings. The van der Waals surface area contributed by atoms with Crippen molar-refractivity contribution in [1.82, 2.24) is 9.62 Å². The number of nitrogens with zero attached hydrogens (tertiary/aromatic N) is 1. The largest absolute Gasteiger partial charge is 0.493 e. The first-order valence-electron chi connectivity index (χ1n) is 15.6. The average Bonchev–Trinajstić information content (AvgIpc) is 3.13. The van der Waals surface area contributed by atoms with Crippen LogP contribution in [0.2, 0.25) is 5.02 Å². The Balaban J connectivity index is 1.17. The van der Waals surface area contributed by atoms with Gasteiger partial charge in [-0.15, -0.1) is 11.8 Å². The van der Waals surface area contributed by atoms with Crippen molar-refractivity contribution in [2.45, 2.75) is 29.3 Å². The van der Waals surface area contributed by atoms with E-state index >= 15 is 0 Å². The molecule has 0 saturated heterocycles. The predicted molar refractivity (Wildman–Crippen MR) is 198 cm³/mol. The molecule has 5 aromatic carbocycles. The summed E-state index contributed by atoms with van der Waals surface area (Å²) in [5, 5.41) is 0.427. The first kappa shape index (κ1) is 36.1. The summed E-state index contributed by atoms with van der Waals surface area (Å²) in [6.45, 7) is 1.77. The maximum atomic E-state index is 14.7. The highest BCUT2D eigenvalue weighted by Gasteiger charge is 2.17. The second-order valence-electron chi connectivity index (χ2n) is 11.1. The summed E-state index contributed by atoms with van der Waals surface area (Å²) in [6, 6.07) is 34.4. The maximum Gasteiger partial charge on any atom is 0.261 e. The van der Waals surface area contributed by atoms with Crippen LogP contribution in [0, 0.1) is 5.82 Å². The molecule has 0 aromatic heterocycles. The van der Waals surface area contributed by atoms with Gasteiger partial charge < -0.3 is 14.2 Å². The minimum absolute atomic E-state index is 0.187. The van der Waals surface area contributed by atoms with E-state index in [-0.39, 0.29) is 11.7 Å². The van der Waals surface area contributed by atoms with Gasteiger partial charge in [0.1, 0.15) is 5.82 Å². The number of carbonyl (C=O) groups is 1. The molecule has 0 atom stereocenters. The number of ether oxygens (including phenoxy) is 3. The van der Waals surface area contributed by atoms with Crippen LogP contribution < -0.4 is 18.9 Å². The molecule has 0 unspecified atom stereocenters. The van der Waals surface area contributed by atoms with Crippen LogP contribution in [-0.2, 0) is 19.5 Å². The number of amides is 1. The summed E-state index contributed by atoms with van der Waals surface area (Å²) < 4.78 is 34.1. The Morgan fingerprint density at radius 3 is 2.14 bits per heavy atom. The fourth-order valence-corrected chi connectivity index (χ4v) is 7.07. The molecule has 0 radical (unpaired) electrons. The molecule has 6 nitrogen and oxygen atoms in total. The fraction of sp³-hybridized carbons (Fsp3) is 0.205. The van der Waals surface area contributed by atoms with E-state index in [0.29, 0.717) is 52.9 Å². The number of benzene rings is 5. The van der Waals surface area contributed by atoms with Crippen LogP contribution in [-0.4, -0.2) is 44.4 Å². The Labute approximate surface area is 301 Å². The van der Waals surface area contributed by atoms with Crippen molar-refractivity contribution in [2.75, 3.05) is 33.6 Å². The molecule has 0 saturated carbocycles. The first-order chi connectivity index (χ1) is 23.9. The van der Waals surface area contributed by atoms with Crippen LogP contribution in [0.15, 0.2) is 119 Å². The van der Waals surface area contributed by atoms with E-state index < -0.39 is 0 Å². The zero-order valence-corrected chi connectivity index (χ0v) is 30.0. The highest BCUT2D eigenvalue weighted by Crippen LogP contribution is 2.40. The third-order valence-corrected chi connectivity index (χ3v) is 9.99. The lowest BCUT2D eigenvalue weighted by molar-refractivity contribution is 0.0984. The zero-order chi connectivity index (χ0) is 34.6. The van der Waals surface area contributed by atoms with Gasteiger partial charge in [0.15, 0.2) is 11.5 Å². The van der Waals surface area contributed by atoms with E-state index in [0.717, 1.165) is 33.9 Å². The molecule has 10 heteroatoms. The second-order valence-corrected chi connectivity index (χ2v) is 13.6. The van der Waals surface area contributed by atoms with Gasteiger partial charge in [0.05, 0.1) is 21.3 Å². The van der Waals surface area contributed by atoms with E-state index in [1.165, 1.54) is 22.9 Å². The van der Waals surface area contributed by atoms with Crippen molar-refractivity contribution >= 4 is 41.2 Å². The Hall–Kier alpha value is -4.15. The number of rotatable bonds is 16. The predicted octanol–water partition coefficient (Wildman–Crippen LogP) is 9.33. The molecule has 254 valence electrons. The molecular formula is C39H38ClFN2O4S2. The van der Waals surface area contributed by atoms with E-state index in [1.807, 2.05) is 78.9 Å². The number of thioether (sulfide) groups is 1. The summed E-state index contributed by atoms with van der Waals surface area (Å²) >= 11 is 9.41. The number of methoxy groups -OCH3 is 3. The molecular weight excluding hydrogens is 679 g/mol. The van der Waals surface area contributed by atoms with Gasteiger partial charge in [-0.3, -0.25) is 14.4 Å². The monoisotopic (exact) mass is 716 g/mol. The molecule has 0 bridgehead atoms. The van der Waals surface area contributed by atoms with Gasteiger partial charge in [-0.1, -0.05) is 66.2 Å². The average molecular weight is 717 g/mol. The minimum Gasteiger partial charge on any atom is -0.493 e. The van der Waals surface area contributed by atoms with Crippen LogP contribution in [0.4, 0.5) is 4.39 Å². The van der Waals surface area contributed by atoms with Crippen LogP contribution in [0.5, 0.6) is 17.2 Å². The Morgan fingerprint density at radius 2 is 1.47 bits per heavy atom. The lowest BCUT2D eigenvalue weighted by Crippen LogP contribution is -2.26. The lowest BCUT2D eigenvalue weighted by Gasteiger charge is -2.23. The van der Waals surface area contributed by atoms with Gasteiger partial charge in [-0.05, 0) is 77.7 Å². The van der Waals surface area contributed by atoms with Crippen molar-refractivity contribution in [2.24, 2.45) is 0 Å². The van der Waals surface area contributed by atoms with Gasteiger partial charge in [-0.2, -0.15) is 0 Å². The number of carbonyl (C=O) groups excluding carboxylic acids is 1. The molecule has 0 heterocycles. The van der Waals surface area contributed by atoms with Gasteiger partial charge in [0, 0.05) is 63.3 Å². The SMILES string of the molecule is COc1ccc(Cc2ccc(C(=O)NSc3ccc(CN(CCSc4ccccc4)Cc4c(F)cccc4Cl)cc3)cc2)c(OC)c1OC. The quantitative estimate of drug-likeness (QED) is 0.0807. The second kappa shape index (κ2) is 18.0. The van der Waals surface area contributed by atoms with Crippen LogP contribution in [0.1, 0.15) is 32.6 Å². The van der Waals surface area contributed by atoms with Gasteiger partial charge in [0.25, 0.3) is 5.91 Å². The Morgan fingerprint density at radius 1 is 0.755 bits per heavy atom. The highest BCUT2D eigenvalue weighted by molar-refractivity contribution is 7.99. The van der Waals surface area contributed by atoms with E-state index in [1.54, 1.807) is 45.2 Å². The van der Waals surface area contributed by atoms with Crippen molar-refractivity contribution in [3.63, 3.8) is 0 Å². The van der Waals surface area contributed by atoms with E-state index in [2.05, 4.69) is 21.8 Å². The van der Waals surface area contributed by atoms with Crippen molar-refractivity contribution in [3.05, 3.63) is 148 Å². The summed E-state index contributed by atoms with van der Waals surface area (Å²) in [6.07, 6.45) is 0.600. The van der Waals surface area contributed by atoms with E-state index in [9.17, 15) is 9.18 Å². The summed E-state index contributed by atoms with van der Waals surface area (Å²) in [4.78, 5) is 17.3. The topological polar surface area (TPSA) is 60.0 Å². The molecule has 1 N–H and O–H groups in total. The summed E-state index contributed by atoms with van der Waals surface area (Å²) in [5.41, 5.74) is 4.10. The molecule has 5 rings (SSSR count). The third kappa shape index (κ3) is 9.95. The number of hydrogen-bond acceptors (Lipinski definition) is 7. The molecule has 49 heavy (non-hydrogen) atoms. The summed E-state index contributed by atoms with van der Waals surface area (Å²) in [5.74, 6) is 2.13. The number of halogens is 2. The number of nitrogens with one attached hydrogen (secondary N) is 1. The Bertz CT molecular complexity index is 1810. The maximum absolute atomic E-state index is 14.7. The van der Waals surface area contributed by atoms with Gasteiger partial charge in [-0.25, -0.2) is 4.39 Å². The standard InChI is InChI=1S/C39H38ClFN2O4S2/c1-45-36-21-18-30(37(46-2)38(36)47-3)24-27-12-16-29(17-13-27)39(44)42-49-32-19-14-28(15-20-32)25-43(22-23-48-31-8-5-4-6-9-31)26-33-34(40)10-7-11-35(33)41/h4-21H,22-26H2,1-3H3,(H,42,44).